The largest absolute Gasteiger partial charge is 0.435 e. The van der Waals surface area contributed by atoms with Crippen LogP contribution in [0.25, 0.3) is 16.9 Å². The van der Waals surface area contributed by atoms with Gasteiger partial charge in [0.25, 0.3) is 10.0 Å². The number of aryl methyl sites for hydroxylation is 2. The molecule has 0 bridgehead atoms. The maximum absolute atomic E-state index is 13.6. The van der Waals surface area contributed by atoms with Crippen LogP contribution in [0.3, 0.4) is 0 Å². The average molecular weight is 558 g/mol. The fourth-order valence-electron chi connectivity index (χ4n) is 3.92. The van der Waals surface area contributed by atoms with Gasteiger partial charge in [-0.1, -0.05) is 23.8 Å². The van der Waals surface area contributed by atoms with Crippen molar-refractivity contribution in [2.24, 2.45) is 5.73 Å². The molecule has 0 saturated heterocycles. The van der Waals surface area contributed by atoms with Crippen molar-refractivity contribution in [3.63, 3.8) is 0 Å². The molecule has 4 N–H and O–H groups in total. The molecule has 1 amide bonds. The molecule has 0 aliphatic carbocycles. The highest BCUT2D eigenvalue weighted by atomic mass is 32.2. The Bertz CT molecular complexity index is 1610. The Morgan fingerprint density at radius 3 is 2.33 bits per heavy atom. The molecule has 39 heavy (non-hydrogen) atoms. The van der Waals surface area contributed by atoms with Gasteiger partial charge in [-0.3, -0.25) is 9.52 Å². The van der Waals surface area contributed by atoms with Crippen molar-refractivity contribution in [2.45, 2.75) is 31.3 Å². The Balaban J connectivity index is 1.65. The third kappa shape index (κ3) is 6.47. The number of nitrogens with two attached hydrogens (primary N) is 1. The number of hydrogen-bond donors (Lipinski definition) is 3. The lowest BCUT2D eigenvalue weighted by molar-refractivity contribution is -0.141. The number of hydrogen-bond acceptors (Lipinski definition) is 5. The van der Waals surface area contributed by atoms with Crippen molar-refractivity contribution >= 4 is 27.3 Å². The first kappa shape index (κ1) is 27.9. The van der Waals surface area contributed by atoms with Crippen molar-refractivity contribution in [1.29, 1.82) is 0 Å². The van der Waals surface area contributed by atoms with Gasteiger partial charge in [-0.15, -0.1) is 0 Å². The molecule has 0 saturated carbocycles. The van der Waals surface area contributed by atoms with E-state index in [1.165, 1.54) is 36.4 Å². The number of nitrogens with zero attached hydrogens (tertiary/aromatic N) is 2. The van der Waals surface area contributed by atoms with Crippen LogP contribution in [0.5, 0.6) is 0 Å². The number of benzene rings is 3. The molecule has 12 heteroatoms. The van der Waals surface area contributed by atoms with Gasteiger partial charge in [0.05, 0.1) is 22.0 Å². The van der Waals surface area contributed by atoms with Crippen molar-refractivity contribution < 1.29 is 26.4 Å². The van der Waals surface area contributed by atoms with E-state index in [1.807, 2.05) is 19.1 Å². The lowest BCUT2D eigenvalue weighted by atomic mass is 10.0. The van der Waals surface area contributed by atoms with Crippen molar-refractivity contribution in [1.82, 2.24) is 9.78 Å². The molecule has 0 aliphatic heterocycles. The summed E-state index contributed by atoms with van der Waals surface area (Å²) in [7, 11) is -4.05. The zero-order valence-corrected chi connectivity index (χ0v) is 21.9. The molecule has 4 aromatic rings. The van der Waals surface area contributed by atoms with E-state index in [4.69, 9.17) is 5.73 Å². The monoisotopic (exact) mass is 557 g/mol. The van der Waals surface area contributed by atoms with Crippen LogP contribution >= 0.6 is 0 Å². The summed E-state index contributed by atoms with van der Waals surface area (Å²) in [6.45, 7) is 3.81. The standard InChI is InChI=1S/C27H26F3N5O3S/c1-17-6-7-18(2)23(14-17)24-16-25(27(28,29)30)33-35(24)21-8-10-22(11-9-21)39(37,38)34-20-5-3-4-19(15-20)32-26(36)12-13-31/h3-11,14-16,34H,12-13,31H2,1-2H3,(H,32,36). The fraction of sp³-hybridized carbons (Fsp3) is 0.185. The van der Waals surface area contributed by atoms with E-state index in [-0.39, 0.29) is 40.8 Å². The molecule has 4 rings (SSSR count). The summed E-state index contributed by atoms with van der Waals surface area (Å²) < 4.78 is 70.3. The summed E-state index contributed by atoms with van der Waals surface area (Å²) in [5.41, 5.74) is 7.61. The van der Waals surface area contributed by atoms with E-state index in [9.17, 15) is 26.4 Å². The molecule has 0 fully saturated rings. The molecule has 0 unspecified atom stereocenters. The predicted octanol–water partition coefficient (Wildman–Crippen LogP) is 5.26. The van der Waals surface area contributed by atoms with Crippen LogP contribution in [-0.4, -0.2) is 30.7 Å². The number of nitrogens with one attached hydrogen (secondary N) is 2. The van der Waals surface area contributed by atoms with Gasteiger partial charge in [0.15, 0.2) is 5.69 Å². The van der Waals surface area contributed by atoms with Gasteiger partial charge >= 0.3 is 6.18 Å². The first-order chi connectivity index (χ1) is 18.4. The zero-order chi connectivity index (χ0) is 28.4. The first-order valence-electron chi connectivity index (χ1n) is 11.9. The maximum Gasteiger partial charge on any atom is 0.435 e. The topological polar surface area (TPSA) is 119 Å². The predicted molar refractivity (Wildman–Crippen MR) is 143 cm³/mol. The fourth-order valence-corrected chi connectivity index (χ4v) is 4.97. The van der Waals surface area contributed by atoms with Crippen LogP contribution < -0.4 is 15.8 Å². The molecular weight excluding hydrogens is 531 g/mol. The Labute approximate surface area is 223 Å². The summed E-state index contributed by atoms with van der Waals surface area (Å²) in [5, 5.41) is 6.42. The molecular formula is C27H26F3N5O3S. The van der Waals surface area contributed by atoms with Crippen molar-refractivity contribution in [3.8, 4) is 16.9 Å². The number of halogens is 3. The van der Waals surface area contributed by atoms with Gasteiger partial charge < -0.3 is 11.1 Å². The van der Waals surface area contributed by atoms with E-state index in [1.54, 1.807) is 25.1 Å². The lowest BCUT2D eigenvalue weighted by Crippen LogP contribution is -2.17. The maximum atomic E-state index is 13.6. The van der Waals surface area contributed by atoms with Gasteiger partial charge in [0, 0.05) is 24.2 Å². The SMILES string of the molecule is Cc1ccc(C)c(-c2cc(C(F)(F)F)nn2-c2ccc(S(=O)(=O)Nc3cccc(NC(=O)CCN)c3)cc2)c1. The number of sulfonamides is 1. The molecule has 3 aromatic carbocycles. The molecule has 1 heterocycles. The van der Waals surface area contributed by atoms with E-state index in [0.29, 0.717) is 11.3 Å². The molecule has 0 atom stereocenters. The second-order valence-electron chi connectivity index (χ2n) is 8.91. The number of carbonyl (C=O) groups excluding carboxylic acids is 1. The van der Waals surface area contributed by atoms with Crippen LogP contribution in [0.1, 0.15) is 23.2 Å². The number of anilines is 2. The number of aromatic nitrogens is 2. The minimum atomic E-state index is -4.66. The normalized spacial score (nSPS) is 11.8. The molecule has 0 aliphatic rings. The smallest absolute Gasteiger partial charge is 0.330 e. The molecule has 8 nitrogen and oxygen atoms in total. The Morgan fingerprint density at radius 1 is 0.974 bits per heavy atom. The lowest BCUT2D eigenvalue weighted by Gasteiger charge is -2.13. The summed E-state index contributed by atoms with van der Waals surface area (Å²) in [5.74, 6) is -0.305. The highest BCUT2D eigenvalue weighted by molar-refractivity contribution is 7.92. The molecule has 0 spiro atoms. The van der Waals surface area contributed by atoms with Gasteiger partial charge in [-0.05, 0) is 74.0 Å². The van der Waals surface area contributed by atoms with Gasteiger partial charge in [0.2, 0.25) is 5.91 Å². The number of rotatable bonds is 8. The zero-order valence-electron chi connectivity index (χ0n) is 21.1. The Hall–Kier alpha value is -4.16. The highest BCUT2D eigenvalue weighted by Gasteiger charge is 2.35. The van der Waals surface area contributed by atoms with E-state index in [0.717, 1.165) is 21.9 Å². The van der Waals surface area contributed by atoms with Gasteiger partial charge in [-0.25, -0.2) is 13.1 Å². The first-order valence-corrected chi connectivity index (χ1v) is 13.3. The quantitative estimate of drug-likeness (QED) is 0.273. The summed E-state index contributed by atoms with van der Waals surface area (Å²) in [6, 6.07) is 17.9. The highest BCUT2D eigenvalue weighted by Crippen LogP contribution is 2.35. The summed E-state index contributed by atoms with van der Waals surface area (Å²) in [4.78, 5) is 11.7. The summed E-state index contributed by atoms with van der Waals surface area (Å²) >= 11 is 0. The van der Waals surface area contributed by atoms with Crippen LogP contribution in [0.4, 0.5) is 24.5 Å². The Kier molecular flexibility index (Phi) is 7.79. The van der Waals surface area contributed by atoms with E-state index in [2.05, 4.69) is 15.1 Å². The average Bonchev–Trinajstić information content (AvgIpc) is 3.32. The van der Waals surface area contributed by atoms with Crippen LogP contribution in [0, 0.1) is 13.8 Å². The third-order valence-electron chi connectivity index (χ3n) is 5.83. The third-order valence-corrected chi connectivity index (χ3v) is 7.23. The van der Waals surface area contributed by atoms with Crippen LogP contribution in [0.2, 0.25) is 0 Å². The molecule has 0 radical (unpaired) electrons. The minimum absolute atomic E-state index is 0.111. The Morgan fingerprint density at radius 2 is 1.67 bits per heavy atom. The van der Waals surface area contributed by atoms with Gasteiger partial charge in [-0.2, -0.15) is 18.3 Å². The number of alkyl halides is 3. The second-order valence-corrected chi connectivity index (χ2v) is 10.6. The molecule has 1 aromatic heterocycles. The van der Waals surface area contributed by atoms with Crippen molar-refractivity contribution in [2.75, 3.05) is 16.6 Å². The van der Waals surface area contributed by atoms with E-state index < -0.39 is 21.9 Å². The molecule has 204 valence electrons. The number of carbonyl (C=O) groups is 1. The van der Waals surface area contributed by atoms with Crippen molar-refractivity contribution in [3.05, 3.63) is 89.6 Å². The summed E-state index contributed by atoms with van der Waals surface area (Å²) in [6.07, 6.45) is -4.54. The minimum Gasteiger partial charge on any atom is -0.330 e. The second kappa shape index (κ2) is 10.9. The van der Waals surface area contributed by atoms with E-state index >= 15 is 0 Å². The van der Waals surface area contributed by atoms with Gasteiger partial charge in [0.1, 0.15) is 0 Å². The number of amides is 1. The van der Waals surface area contributed by atoms with Crippen LogP contribution in [0.15, 0.2) is 77.7 Å². The van der Waals surface area contributed by atoms with Crippen LogP contribution in [-0.2, 0) is 21.0 Å².